The molecule has 0 N–H and O–H groups in total. The molecule has 14 heavy (non-hydrogen) atoms. The molecular formula is C11H13NOS. The molecule has 0 spiro atoms. The van der Waals surface area contributed by atoms with Gasteiger partial charge in [0.25, 0.3) is 0 Å². The topological polar surface area (TPSA) is 29.4 Å². The maximum absolute atomic E-state index is 10.2. The second-order valence-electron chi connectivity index (χ2n) is 3.34. The van der Waals surface area contributed by atoms with Crippen molar-refractivity contribution in [2.24, 2.45) is 4.58 Å². The van der Waals surface area contributed by atoms with Gasteiger partial charge in [0.1, 0.15) is 0 Å². The molecule has 1 rings (SSSR count). The average Bonchev–Trinajstić information content (AvgIpc) is 2.20. The third-order valence-electron chi connectivity index (χ3n) is 2.08. The van der Waals surface area contributed by atoms with E-state index in [1.165, 1.54) is 5.56 Å². The summed E-state index contributed by atoms with van der Waals surface area (Å²) in [5.74, 6) is 0. The Labute approximate surface area is 88.5 Å². The van der Waals surface area contributed by atoms with Crippen molar-refractivity contribution in [3.63, 3.8) is 0 Å². The highest BCUT2D eigenvalue weighted by Gasteiger charge is 2.22. The van der Waals surface area contributed by atoms with Crippen LogP contribution in [0.1, 0.15) is 12.5 Å². The number of nitroso groups, excluding NO2 is 1. The molecule has 0 aliphatic heterocycles. The summed E-state index contributed by atoms with van der Waals surface area (Å²) in [5.41, 5.74) is 1.19. The molecule has 0 aliphatic rings. The van der Waals surface area contributed by atoms with Gasteiger partial charge in [-0.15, -0.1) is 11.5 Å². The normalized spacial score (nSPS) is 14.4. The van der Waals surface area contributed by atoms with E-state index in [-0.39, 0.29) is 4.75 Å². The van der Waals surface area contributed by atoms with Crippen LogP contribution in [-0.2, 0) is 6.42 Å². The largest absolute Gasteiger partial charge is 0.137 e. The highest BCUT2D eigenvalue weighted by Crippen LogP contribution is 2.30. The van der Waals surface area contributed by atoms with E-state index in [9.17, 15) is 4.91 Å². The molecule has 0 saturated heterocycles. The maximum Gasteiger partial charge on any atom is 0.0600 e. The molecule has 3 heteroatoms. The van der Waals surface area contributed by atoms with Gasteiger partial charge in [0.15, 0.2) is 0 Å². The Hall–Kier alpha value is -1.09. The van der Waals surface area contributed by atoms with Gasteiger partial charge in [0.2, 0.25) is 0 Å². The fraction of sp³-hybridized carbons (Fsp3) is 0.273. The maximum atomic E-state index is 10.2. The first-order chi connectivity index (χ1) is 6.70. The summed E-state index contributed by atoms with van der Waals surface area (Å²) in [7, 11) is 0. The Morgan fingerprint density at radius 3 is 2.64 bits per heavy atom. The van der Waals surface area contributed by atoms with E-state index in [1.807, 2.05) is 37.3 Å². The second-order valence-corrected chi connectivity index (χ2v) is 4.61. The Morgan fingerprint density at radius 2 is 2.14 bits per heavy atom. The van der Waals surface area contributed by atoms with Crippen LogP contribution in [0.5, 0.6) is 0 Å². The Kier molecular flexibility index (Phi) is 3.89. The van der Waals surface area contributed by atoms with Crippen LogP contribution < -0.4 is 0 Å². The molecule has 0 aromatic heterocycles. The van der Waals surface area contributed by atoms with Crippen molar-refractivity contribution in [2.45, 2.75) is 18.1 Å². The van der Waals surface area contributed by atoms with Gasteiger partial charge in [-0.05, 0) is 18.9 Å². The van der Waals surface area contributed by atoms with Gasteiger partial charge in [-0.25, -0.2) is 0 Å². The Bertz CT molecular complexity index is 312. The number of benzene rings is 1. The van der Waals surface area contributed by atoms with Crippen LogP contribution in [0.4, 0.5) is 0 Å². The molecule has 0 fully saturated rings. The molecule has 0 bridgehead atoms. The van der Waals surface area contributed by atoms with Crippen LogP contribution in [0.25, 0.3) is 0 Å². The van der Waals surface area contributed by atoms with Gasteiger partial charge < -0.3 is 0 Å². The van der Waals surface area contributed by atoms with Crippen LogP contribution in [0.2, 0.25) is 0 Å². The first-order valence-electron chi connectivity index (χ1n) is 4.38. The van der Waals surface area contributed by atoms with Crippen molar-refractivity contribution in [1.82, 2.24) is 0 Å². The minimum Gasteiger partial charge on any atom is -0.137 e. The third-order valence-corrected chi connectivity index (χ3v) is 2.88. The van der Waals surface area contributed by atoms with Crippen molar-refractivity contribution < 1.29 is 0 Å². The summed E-state index contributed by atoms with van der Waals surface area (Å²) in [6.07, 6.45) is 2.54. The molecule has 74 valence electrons. The van der Waals surface area contributed by atoms with E-state index in [1.54, 1.807) is 6.08 Å². The summed E-state index contributed by atoms with van der Waals surface area (Å²) in [5, 5.41) is 0. The molecular weight excluding hydrogens is 194 g/mol. The first-order valence-corrected chi connectivity index (χ1v) is 5.16. The summed E-state index contributed by atoms with van der Waals surface area (Å²) in [6, 6.07) is 10.0. The van der Waals surface area contributed by atoms with Crippen molar-refractivity contribution in [1.29, 1.82) is 0 Å². The molecule has 2 nitrogen and oxygen atoms in total. The fourth-order valence-corrected chi connectivity index (χ4v) is 1.70. The van der Waals surface area contributed by atoms with E-state index in [2.05, 4.69) is 11.2 Å². The van der Waals surface area contributed by atoms with Gasteiger partial charge >= 0.3 is 0 Å². The predicted molar refractivity (Wildman–Crippen MR) is 62.1 cm³/mol. The Morgan fingerprint density at radius 1 is 1.50 bits per heavy atom. The molecule has 0 radical (unpaired) electrons. The summed E-state index contributed by atoms with van der Waals surface area (Å²) < 4.78 is 2.57. The average molecular weight is 207 g/mol. The van der Waals surface area contributed by atoms with Crippen LogP contribution in [-0.4, -0.2) is 4.75 Å². The first kappa shape index (κ1) is 11.0. The zero-order valence-corrected chi connectivity index (χ0v) is 8.96. The minimum absolute atomic E-state index is 0.302. The number of rotatable bonds is 5. The van der Waals surface area contributed by atoms with Crippen LogP contribution in [0.3, 0.4) is 0 Å². The second kappa shape index (κ2) is 4.96. The van der Waals surface area contributed by atoms with E-state index < -0.39 is 0 Å². The lowest BCUT2D eigenvalue weighted by Gasteiger charge is -2.20. The smallest absolute Gasteiger partial charge is 0.0600 e. The summed E-state index contributed by atoms with van der Waals surface area (Å²) >= 11 is 1.02. The zero-order chi connectivity index (χ0) is 10.4. The van der Waals surface area contributed by atoms with E-state index in [4.69, 9.17) is 0 Å². The van der Waals surface area contributed by atoms with Crippen LogP contribution >= 0.6 is 11.9 Å². The third kappa shape index (κ3) is 3.00. The van der Waals surface area contributed by atoms with Crippen LogP contribution in [0, 0.1) is 4.91 Å². The molecule has 1 atom stereocenters. The molecule has 1 aromatic rings. The zero-order valence-electron chi connectivity index (χ0n) is 8.14. The molecule has 0 saturated carbocycles. The van der Waals surface area contributed by atoms with Crippen molar-refractivity contribution in [3.05, 3.63) is 53.5 Å². The summed E-state index contributed by atoms with van der Waals surface area (Å²) in [6.45, 7) is 5.69. The van der Waals surface area contributed by atoms with Crippen molar-refractivity contribution >= 4 is 11.9 Å². The van der Waals surface area contributed by atoms with Crippen molar-refractivity contribution in [2.75, 3.05) is 0 Å². The summed E-state index contributed by atoms with van der Waals surface area (Å²) in [4.78, 5) is 10.2. The van der Waals surface area contributed by atoms with Gasteiger partial charge in [-0.2, -0.15) is 0 Å². The van der Waals surface area contributed by atoms with E-state index >= 15 is 0 Å². The monoisotopic (exact) mass is 207 g/mol. The highest BCUT2D eigenvalue weighted by atomic mass is 32.2. The lowest BCUT2D eigenvalue weighted by molar-refractivity contribution is 0.785. The predicted octanol–water partition coefficient (Wildman–Crippen LogP) is 3.59. The van der Waals surface area contributed by atoms with Gasteiger partial charge in [0.05, 0.1) is 4.75 Å². The van der Waals surface area contributed by atoms with Gasteiger partial charge in [-0.1, -0.05) is 36.4 Å². The molecule has 1 unspecified atom stereocenters. The Balaban J connectivity index is 2.75. The number of hydrogen-bond acceptors (Lipinski definition) is 3. The molecule has 1 aromatic carbocycles. The van der Waals surface area contributed by atoms with Gasteiger partial charge in [-0.3, -0.25) is 0 Å². The molecule has 0 amide bonds. The molecule has 0 aliphatic carbocycles. The minimum atomic E-state index is -0.302. The quantitative estimate of drug-likeness (QED) is 0.419. The SMILES string of the molecule is C=CC(C)(Cc1ccccc1)SN=O. The lowest BCUT2D eigenvalue weighted by atomic mass is 10.0. The van der Waals surface area contributed by atoms with Gasteiger partial charge in [0, 0.05) is 16.5 Å². The standard InChI is InChI=1S/C11H13NOS/c1-3-11(2,14-12-13)9-10-7-5-4-6-8-10/h3-8H,1,9H2,2H3. The fourth-order valence-electron chi connectivity index (χ4n) is 1.23. The van der Waals surface area contributed by atoms with Crippen LogP contribution in [0.15, 0.2) is 47.6 Å². The number of hydrogen-bond donors (Lipinski definition) is 0. The lowest BCUT2D eigenvalue weighted by Crippen LogP contribution is -2.18. The highest BCUT2D eigenvalue weighted by molar-refractivity contribution is 7.99. The van der Waals surface area contributed by atoms with Crippen molar-refractivity contribution in [3.8, 4) is 0 Å². The van der Waals surface area contributed by atoms with E-state index in [0.29, 0.717) is 0 Å². The molecule has 0 heterocycles. The number of nitrogens with zero attached hydrogens (tertiary/aromatic N) is 1. The van der Waals surface area contributed by atoms with E-state index in [0.717, 1.165) is 18.4 Å².